The van der Waals surface area contributed by atoms with Gasteiger partial charge < -0.3 is 5.21 Å². The van der Waals surface area contributed by atoms with Crippen molar-refractivity contribution in [1.29, 1.82) is 0 Å². The summed E-state index contributed by atoms with van der Waals surface area (Å²) >= 11 is 1.62. The molecule has 1 heterocycles. The van der Waals surface area contributed by atoms with Gasteiger partial charge in [0.2, 0.25) is 0 Å². The summed E-state index contributed by atoms with van der Waals surface area (Å²) in [6.45, 7) is 1.99. The van der Waals surface area contributed by atoms with E-state index in [-0.39, 0.29) is 0 Å². The van der Waals surface area contributed by atoms with Crippen LogP contribution in [0.15, 0.2) is 57.7 Å². The molecule has 0 atom stereocenters. The van der Waals surface area contributed by atoms with E-state index in [0.29, 0.717) is 0 Å². The van der Waals surface area contributed by atoms with Crippen LogP contribution in [-0.2, 0) is 0 Å². The molecule has 1 N–H and O–H groups in total. The van der Waals surface area contributed by atoms with E-state index < -0.39 is 0 Å². The zero-order chi connectivity index (χ0) is 12.1. The van der Waals surface area contributed by atoms with Gasteiger partial charge in [-0.3, -0.25) is 0 Å². The van der Waals surface area contributed by atoms with Crippen molar-refractivity contribution in [3.63, 3.8) is 0 Å². The van der Waals surface area contributed by atoms with E-state index in [1.807, 2.05) is 31.2 Å². The predicted molar refractivity (Wildman–Crippen MR) is 68.9 cm³/mol. The van der Waals surface area contributed by atoms with Crippen molar-refractivity contribution in [2.45, 2.75) is 16.8 Å². The molecular formula is C13H12N2OS. The molecule has 0 aliphatic carbocycles. The van der Waals surface area contributed by atoms with Crippen LogP contribution in [-0.4, -0.2) is 16.4 Å². The van der Waals surface area contributed by atoms with E-state index in [1.165, 1.54) is 6.21 Å². The minimum absolute atomic E-state index is 0.794. The number of rotatable bonds is 3. The van der Waals surface area contributed by atoms with E-state index in [1.54, 1.807) is 18.0 Å². The minimum atomic E-state index is 0.794. The normalized spacial score (nSPS) is 10.9. The Morgan fingerprint density at radius 2 is 2.06 bits per heavy atom. The first kappa shape index (κ1) is 11.7. The number of aromatic nitrogens is 1. The summed E-state index contributed by atoms with van der Waals surface area (Å²) < 4.78 is 0. The monoisotopic (exact) mass is 244 g/mol. The molecule has 0 saturated heterocycles. The maximum atomic E-state index is 8.45. The maximum absolute atomic E-state index is 8.45. The van der Waals surface area contributed by atoms with Crippen LogP contribution in [0.1, 0.15) is 11.1 Å². The molecule has 0 aliphatic rings. The Balaban J connectivity index is 2.23. The highest BCUT2D eigenvalue weighted by Gasteiger charge is 2.03. The molecule has 2 rings (SSSR count). The number of aryl methyl sites for hydroxylation is 1. The second-order valence-corrected chi connectivity index (χ2v) is 4.61. The van der Waals surface area contributed by atoms with Crippen molar-refractivity contribution in [3.05, 3.63) is 53.7 Å². The van der Waals surface area contributed by atoms with Crippen LogP contribution >= 0.6 is 11.8 Å². The number of oxime groups is 1. The van der Waals surface area contributed by atoms with Crippen LogP contribution in [0.25, 0.3) is 0 Å². The predicted octanol–water partition coefficient (Wildman–Crippen LogP) is 3.35. The molecule has 86 valence electrons. The second-order valence-electron chi connectivity index (χ2n) is 3.55. The first-order chi connectivity index (χ1) is 8.29. The summed E-state index contributed by atoms with van der Waals surface area (Å²) in [6, 6.07) is 12.0. The summed E-state index contributed by atoms with van der Waals surface area (Å²) in [4.78, 5) is 5.51. The fourth-order valence-corrected chi connectivity index (χ4v) is 2.27. The molecule has 4 heteroatoms. The molecular weight excluding hydrogens is 232 g/mol. The lowest BCUT2D eigenvalue weighted by Gasteiger charge is -2.04. The number of nitrogens with zero attached hydrogens (tertiary/aromatic N) is 2. The molecule has 0 amide bonds. The van der Waals surface area contributed by atoms with Gasteiger partial charge in [0, 0.05) is 16.7 Å². The molecule has 1 aromatic heterocycles. The van der Waals surface area contributed by atoms with Crippen molar-refractivity contribution in [2.75, 3.05) is 0 Å². The summed E-state index contributed by atoms with van der Waals surface area (Å²) in [5.41, 5.74) is 1.86. The Labute approximate surface area is 104 Å². The summed E-state index contributed by atoms with van der Waals surface area (Å²) in [6.07, 6.45) is 3.06. The largest absolute Gasteiger partial charge is 0.411 e. The molecule has 17 heavy (non-hydrogen) atoms. The Hall–Kier alpha value is -1.81. The first-order valence-corrected chi connectivity index (χ1v) is 5.98. The Morgan fingerprint density at radius 1 is 1.29 bits per heavy atom. The molecule has 3 nitrogen and oxygen atoms in total. The van der Waals surface area contributed by atoms with Gasteiger partial charge in [-0.05, 0) is 30.7 Å². The van der Waals surface area contributed by atoms with Gasteiger partial charge >= 0.3 is 0 Å². The van der Waals surface area contributed by atoms with Crippen molar-refractivity contribution in [1.82, 2.24) is 4.98 Å². The average Bonchev–Trinajstić information content (AvgIpc) is 2.34. The van der Waals surface area contributed by atoms with Crippen molar-refractivity contribution < 1.29 is 5.21 Å². The summed E-state index contributed by atoms with van der Waals surface area (Å²) in [5, 5.41) is 12.4. The molecule has 0 saturated carbocycles. The Kier molecular flexibility index (Phi) is 3.77. The topological polar surface area (TPSA) is 45.5 Å². The van der Waals surface area contributed by atoms with Gasteiger partial charge in [-0.25, -0.2) is 4.98 Å². The number of benzene rings is 1. The highest BCUT2D eigenvalue weighted by atomic mass is 32.2. The van der Waals surface area contributed by atoms with Gasteiger partial charge in [0.25, 0.3) is 0 Å². The molecule has 0 bridgehead atoms. The Morgan fingerprint density at radius 3 is 2.71 bits per heavy atom. The lowest BCUT2D eigenvalue weighted by molar-refractivity contribution is 0.322. The SMILES string of the molecule is Cc1cc(/C=N\O)cnc1Sc1ccccc1. The van der Waals surface area contributed by atoms with E-state index in [9.17, 15) is 0 Å². The van der Waals surface area contributed by atoms with Crippen LogP contribution in [0.4, 0.5) is 0 Å². The fraction of sp³-hybridized carbons (Fsp3) is 0.0769. The zero-order valence-corrected chi connectivity index (χ0v) is 10.2. The van der Waals surface area contributed by atoms with Crippen LogP contribution < -0.4 is 0 Å². The number of hydrogen-bond donors (Lipinski definition) is 1. The fourth-order valence-electron chi connectivity index (χ4n) is 1.43. The quantitative estimate of drug-likeness (QED) is 0.511. The molecule has 0 aliphatic heterocycles. The highest BCUT2D eigenvalue weighted by molar-refractivity contribution is 7.99. The van der Waals surface area contributed by atoms with Gasteiger partial charge in [0.1, 0.15) is 5.03 Å². The number of hydrogen-bond acceptors (Lipinski definition) is 4. The standard InChI is InChI=1S/C13H12N2OS/c1-10-7-11(9-15-16)8-14-13(10)17-12-5-3-2-4-6-12/h2-9,16H,1H3/b15-9-. The zero-order valence-electron chi connectivity index (χ0n) is 9.37. The first-order valence-electron chi connectivity index (χ1n) is 5.16. The maximum Gasteiger partial charge on any atom is 0.104 e. The van der Waals surface area contributed by atoms with Crippen LogP contribution in [0.5, 0.6) is 0 Å². The van der Waals surface area contributed by atoms with E-state index >= 15 is 0 Å². The van der Waals surface area contributed by atoms with Crippen LogP contribution in [0.3, 0.4) is 0 Å². The molecule has 0 fully saturated rings. The molecule has 0 radical (unpaired) electrons. The lowest BCUT2D eigenvalue weighted by atomic mass is 10.2. The second kappa shape index (κ2) is 5.50. The minimum Gasteiger partial charge on any atom is -0.411 e. The lowest BCUT2D eigenvalue weighted by Crippen LogP contribution is -1.90. The van der Waals surface area contributed by atoms with Gasteiger partial charge in [0.15, 0.2) is 0 Å². The molecule has 2 aromatic rings. The molecule has 0 spiro atoms. The van der Waals surface area contributed by atoms with Gasteiger partial charge in [-0.2, -0.15) is 0 Å². The molecule has 0 unspecified atom stereocenters. The third-order valence-electron chi connectivity index (χ3n) is 2.22. The van der Waals surface area contributed by atoms with Crippen molar-refractivity contribution >= 4 is 18.0 Å². The Bertz CT molecular complexity index is 526. The van der Waals surface area contributed by atoms with Gasteiger partial charge in [0.05, 0.1) is 6.21 Å². The molecule has 1 aromatic carbocycles. The van der Waals surface area contributed by atoms with E-state index in [2.05, 4.69) is 22.3 Å². The number of pyridine rings is 1. The average molecular weight is 244 g/mol. The van der Waals surface area contributed by atoms with Crippen LogP contribution in [0.2, 0.25) is 0 Å². The van der Waals surface area contributed by atoms with E-state index in [0.717, 1.165) is 21.0 Å². The smallest absolute Gasteiger partial charge is 0.104 e. The summed E-state index contributed by atoms with van der Waals surface area (Å²) in [5.74, 6) is 0. The van der Waals surface area contributed by atoms with Gasteiger partial charge in [-0.15, -0.1) is 0 Å². The van der Waals surface area contributed by atoms with Crippen molar-refractivity contribution in [3.8, 4) is 0 Å². The van der Waals surface area contributed by atoms with Gasteiger partial charge in [-0.1, -0.05) is 35.1 Å². The van der Waals surface area contributed by atoms with Crippen molar-refractivity contribution in [2.24, 2.45) is 5.16 Å². The van der Waals surface area contributed by atoms with Crippen LogP contribution in [0, 0.1) is 6.92 Å². The third kappa shape index (κ3) is 3.07. The highest BCUT2D eigenvalue weighted by Crippen LogP contribution is 2.28. The third-order valence-corrected chi connectivity index (χ3v) is 3.34. The summed E-state index contributed by atoms with van der Waals surface area (Å²) in [7, 11) is 0. The van der Waals surface area contributed by atoms with E-state index in [4.69, 9.17) is 5.21 Å².